The van der Waals surface area contributed by atoms with Crippen molar-refractivity contribution < 1.29 is 9.50 Å². The Morgan fingerprint density at radius 1 is 1.44 bits per heavy atom. The molecule has 0 aromatic heterocycles. The Hall–Kier alpha value is -0.410. The Bertz CT molecular complexity index is 380. The van der Waals surface area contributed by atoms with E-state index < -0.39 is 6.10 Å². The van der Waals surface area contributed by atoms with E-state index in [1.807, 2.05) is 0 Å². The predicted molar refractivity (Wildman–Crippen MR) is 65.6 cm³/mol. The highest BCUT2D eigenvalue weighted by atomic mass is 79.9. The number of benzene rings is 1. The number of aliphatic hydroxyl groups is 1. The molecule has 0 heterocycles. The van der Waals surface area contributed by atoms with Crippen molar-refractivity contribution >= 4 is 15.9 Å². The van der Waals surface area contributed by atoms with Crippen LogP contribution in [0.15, 0.2) is 22.7 Å². The third-order valence-electron chi connectivity index (χ3n) is 3.62. The fraction of sp³-hybridized carbons (Fsp3) is 0.538. The maximum absolute atomic E-state index is 13.1. The lowest BCUT2D eigenvalue weighted by molar-refractivity contribution is 0.0899. The monoisotopic (exact) mass is 286 g/mol. The zero-order chi connectivity index (χ0) is 11.7. The highest BCUT2D eigenvalue weighted by Gasteiger charge is 2.30. The zero-order valence-electron chi connectivity index (χ0n) is 9.29. The molecule has 3 atom stereocenters. The first-order chi connectivity index (χ1) is 7.59. The van der Waals surface area contributed by atoms with Gasteiger partial charge in [-0.05, 0) is 51.9 Å². The molecule has 1 aromatic carbocycles. The fourth-order valence-electron chi connectivity index (χ4n) is 2.59. The summed E-state index contributed by atoms with van der Waals surface area (Å²) in [5.41, 5.74) is 0.812. The Labute approximate surface area is 104 Å². The maximum Gasteiger partial charge on any atom is 0.137 e. The Balaban J connectivity index is 2.20. The van der Waals surface area contributed by atoms with E-state index in [0.717, 1.165) is 12.0 Å². The van der Waals surface area contributed by atoms with Crippen molar-refractivity contribution in [3.8, 4) is 0 Å². The van der Waals surface area contributed by atoms with E-state index in [0.29, 0.717) is 16.3 Å². The maximum atomic E-state index is 13.1. The van der Waals surface area contributed by atoms with Crippen molar-refractivity contribution in [3.05, 3.63) is 34.1 Å². The van der Waals surface area contributed by atoms with E-state index >= 15 is 0 Å². The van der Waals surface area contributed by atoms with Gasteiger partial charge in [0.1, 0.15) is 5.82 Å². The van der Waals surface area contributed by atoms with Crippen LogP contribution in [0.4, 0.5) is 4.39 Å². The predicted octanol–water partition coefficient (Wildman–Crippen LogP) is 4.06. The molecule has 0 saturated heterocycles. The van der Waals surface area contributed by atoms with Gasteiger partial charge >= 0.3 is 0 Å². The molecule has 3 unspecified atom stereocenters. The second-order valence-corrected chi connectivity index (χ2v) is 5.54. The fourth-order valence-corrected chi connectivity index (χ4v) is 2.98. The van der Waals surface area contributed by atoms with E-state index in [2.05, 4.69) is 22.9 Å². The lowest BCUT2D eigenvalue weighted by Gasteiger charge is -2.22. The summed E-state index contributed by atoms with van der Waals surface area (Å²) < 4.78 is 13.5. The van der Waals surface area contributed by atoms with Crippen LogP contribution >= 0.6 is 15.9 Å². The minimum atomic E-state index is -0.464. The third-order valence-corrected chi connectivity index (χ3v) is 4.23. The molecule has 1 aliphatic rings. The summed E-state index contributed by atoms with van der Waals surface area (Å²) in [6.45, 7) is 2.18. The Morgan fingerprint density at radius 2 is 2.19 bits per heavy atom. The molecule has 3 heteroatoms. The van der Waals surface area contributed by atoms with Crippen molar-refractivity contribution in [3.63, 3.8) is 0 Å². The van der Waals surface area contributed by atoms with Gasteiger partial charge in [0.15, 0.2) is 0 Å². The first kappa shape index (κ1) is 12.1. The van der Waals surface area contributed by atoms with Crippen molar-refractivity contribution in [1.82, 2.24) is 0 Å². The molecule has 1 saturated carbocycles. The average molecular weight is 287 g/mol. The second-order valence-electron chi connectivity index (χ2n) is 4.69. The third kappa shape index (κ3) is 2.30. The molecule has 1 N–H and O–H groups in total. The molecule has 88 valence electrons. The smallest absolute Gasteiger partial charge is 0.137 e. The summed E-state index contributed by atoms with van der Waals surface area (Å²) >= 11 is 3.15. The molecular formula is C13H16BrFO. The summed E-state index contributed by atoms with van der Waals surface area (Å²) in [5.74, 6) is 0.589. The molecule has 1 aliphatic carbocycles. The lowest BCUT2D eigenvalue weighted by Crippen LogP contribution is -2.15. The van der Waals surface area contributed by atoms with E-state index in [1.165, 1.54) is 18.9 Å². The quantitative estimate of drug-likeness (QED) is 0.869. The van der Waals surface area contributed by atoms with Gasteiger partial charge in [-0.2, -0.15) is 0 Å². The van der Waals surface area contributed by atoms with Crippen LogP contribution in [0.25, 0.3) is 0 Å². The van der Waals surface area contributed by atoms with Gasteiger partial charge in [-0.3, -0.25) is 0 Å². The summed E-state index contributed by atoms with van der Waals surface area (Å²) in [6, 6.07) is 4.77. The van der Waals surface area contributed by atoms with E-state index in [9.17, 15) is 9.50 Å². The number of aliphatic hydroxyl groups excluding tert-OH is 1. The summed E-state index contributed by atoms with van der Waals surface area (Å²) in [6.07, 6.45) is 2.97. The van der Waals surface area contributed by atoms with Crippen LogP contribution in [0.1, 0.15) is 37.9 Å². The van der Waals surface area contributed by atoms with Gasteiger partial charge in [0.25, 0.3) is 0 Å². The second kappa shape index (κ2) is 4.84. The molecule has 0 spiro atoms. The number of hydrogen-bond acceptors (Lipinski definition) is 1. The van der Waals surface area contributed by atoms with Gasteiger partial charge in [-0.25, -0.2) is 4.39 Å². The van der Waals surface area contributed by atoms with Crippen molar-refractivity contribution in [2.45, 2.75) is 32.3 Å². The lowest BCUT2D eigenvalue weighted by atomic mass is 9.88. The largest absolute Gasteiger partial charge is 0.388 e. The first-order valence-corrected chi connectivity index (χ1v) is 6.52. The minimum absolute atomic E-state index is 0.282. The van der Waals surface area contributed by atoms with Gasteiger partial charge in [-0.15, -0.1) is 0 Å². The van der Waals surface area contributed by atoms with Crippen LogP contribution in [0.3, 0.4) is 0 Å². The number of hydrogen-bond donors (Lipinski definition) is 1. The van der Waals surface area contributed by atoms with Gasteiger partial charge in [0, 0.05) is 0 Å². The number of halogens is 2. The Kier molecular flexibility index (Phi) is 3.65. The topological polar surface area (TPSA) is 20.2 Å². The molecule has 16 heavy (non-hydrogen) atoms. The molecule has 0 amide bonds. The van der Waals surface area contributed by atoms with Gasteiger partial charge < -0.3 is 5.11 Å². The number of rotatable bonds is 2. The first-order valence-electron chi connectivity index (χ1n) is 5.72. The SMILES string of the molecule is CC1CCCC1C(O)c1ccc(F)c(Br)c1. The van der Waals surface area contributed by atoms with Crippen LogP contribution in [0.2, 0.25) is 0 Å². The van der Waals surface area contributed by atoms with Gasteiger partial charge in [-0.1, -0.05) is 25.8 Å². The van der Waals surface area contributed by atoms with Crippen LogP contribution in [-0.4, -0.2) is 5.11 Å². The molecule has 1 aromatic rings. The molecule has 1 nitrogen and oxygen atoms in total. The average Bonchev–Trinajstić information content (AvgIpc) is 2.67. The molecule has 1 fully saturated rings. The van der Waals surface area contributed by atoms with Gasteiger partial charge in [0.2, 0.25) is 0 Å². The van der Waals surface area contributed by atoms with E-state index in [1.54, 1.807) is 12.1 Å². The van der Waals surface area contributed by atoms with E-state index in [4.69, 9.17) is 0 Å². The van der Waals surface area contributed by atoms with Crippen LogP contribution in [0, 0.1) is 17.7 Å². The highest BCUT2D eigenvalue weighted by molar-refractivity contribution is 9.10. The van der Waals surface area contributed by atoms with Crippen LogP contribution < -0.4 is 0 Å². The highest BCUT2D eigenvalue weighted by Crippen LogP contribution is 2.40. The van der Waals surface area contributed by atoms with Crippen LogP contribution in [-0.2, 0) is 0 Å². The summed E-state index contributed by atoms with van der Waals surface area (Å²) in [7, 11) is 0. The molecule has 0 radical (unpaired) electrons. The van der Waals surface area contributed by atoms with Crippen molar-refractivity contribution in [1.29, 1.82) is 0 Å². The van der Waals surface area contributed by atoms with Gasteiger partial charge in [0.05, 0.1) is 10.6 Å². The van der Waals surface area contributed by atoms with Crippen molar-refractivity contribution in [2.75, 3.05) is 0 Å². The molecule has 0 aliphatic heterocycles. The standard InChI is InChI=1S/C13H16BrFO/c1-8-3-2-4-10(8)13(16)9-5-6-12(15)11(14)7-9/h5-8,10,13,16H,2-4H2,1H3. The van der Waals surface area contributed by atoms with Crippen LogP contribution in [0.5, 0.6) is 0 Å². The Morgan fingerprint density at radius 3 is 2.75 bits per heavy atom. The minimum Gasteiger partial charge on any atom is -0.388 e. The summed E-state index contributed by atoms with van der Waals surface area (Å²) in [4.78, 5) is 0. The molecule has 2 rings (SSSR count). The summed E-state index contributed by atoms with van der Waals surface area (Å²) in [5, 5.41) is 10.3. The molecule has 0 bridgehead atoms. The zero-order valence-corrected chi connectivity index (χ0v) is 10.9. The molecular weight excluding hydrogens is 271 g/mol. The van der Waals surface area contributed by atoms with Crippen molar-refractivity contribution in [2.24, 2.45) is 11.8 Å². The van der Waals surface area contributed by atoms with E-state index in [-0.39, 0.29) is 5.82 Å². The normalized spacial score (nSPS) is 27.0.